The van der Waals surface area contributed by atoms with E-state index in [2.05, 4.69) is 52.6 Å². The van der Waals surface area contributed by atoms with E-state index >= 15 is 0 Å². The van der Waals surface area contributed by atoms with E-state index in [1.807, 2.05) is 43.3 Å². The van der Waals surface area contributed by atoms with Crippen molar-refractivity contribution in [2.24, 2.45) is 0 Å². The average molecular weight is 345 g/mol. The van der Waals surface area contributed by atoms with E-state index in [0.29, 0.717) is 0 Å². The first-order valence-electron chi connectivity index (χ1n) is 9.06. The average Bonchev–Trinajstić information content (AvgIpc) is 3.18. The van der Waals surface area contributed by atoms with Gasteiger partial charge in [-0.2, -0.15) is 0 Å². The van der Waals surface area contributed by atoms with Gasteiger partial charge in [-0.3, -0.25) is 4.79 Å². The van der Waals surface area contributed by atoms with Crippen molar-refractivity contribution < 1.29 is 4.79 Å². The second-order valence-corrected chi connectivity index (χ2v) is 6.84. The quantitative estimate of drug-likeness (QED) is 0.677. The Morgan fingerprint density at radius 2 is 1.69 bits per heavy atom. The lowest BCUT2D eigenvalue weighted by Crippen LogP contribution is -2.43. The van der Waals surface area contributed by atoms with E-state index < -0.39 is 0 Å². The van der Waals surface area contributed by atoms with Crippen LogP contribution in [0.2, 0.25) is 0 Å². The summed E-state index contributed by atoms with van der Waals surface area (Å²) in [4.78, 5) is 12.7. The molecule has 0 aliphatic carbocycles. The van der Waals surface area contributed by atoms with E-state index in [1.54, 1.807) is 0 Å². The Kier molecular flexibility index (Phi) is 4.69. The molecular weight excluding hydrogens is 322 g/mol. The van der Waals surface area contributed by atoms with Gasteiger partial charge in [0.2, 0.25) is 5.91 Å². The Bertz CT molecular complexity index is 904. The number of hydrogen-bond acceptors (Lipinski definition) is 3. The monoisotopic (exact) mass is 345 g/mol. The van der Waals surface area contributed by atoms with Crippen molar-refractivity contribution in [3.05, 3.63) is 83.9 Å². The number of nitrogens with one attached hydrogen (secondary N) is 3. The van der Waals surface area contributed by atoms with Crippen LogP contribution in [0.4, 0.5) is 0 Å². The maximum atomic E-state index is 12.7. The zero-order valence-corrected chi connectivity index (χ0v) is 14.8. The normalized spacial score (nSPS) is 20.8. The predicted octanol–water partition coefficient (Wildman–Crippen LogP) is 3.62. The minimum atomic E-state index is -0.245. The van der Waals surface area contributed by atoms with Crippen LogP contribution in [0.25, 0.3) is 10.8 Å². The molecule has 132 valence electrons. The fourth-order valence-electron chi connectivity index (χ4n) is 3.63. The first-order valence-corrected chi connectivity index (χ1v) is 9.06. The molecule has 3 unspecified atom stereocenters. The third-order valence-electron chi connectivity index (χ3n) is 5.08. The van der Waals surface area contributed by atoms with Crippen molar-refractivity contribution in [1.82, 2.24) is 16.2 Å². The fraction of sp³-hybridized carbons (Fsp3) is 0.227. The summed E-state index contributed by atoms with van der Waals surface area (Å²) >= 11 is 0. The Morgan fingerprint density at radius 1 is 0.962 bits per heavy atom. The second kappa shape index (κ2) is 7.28. The SMILES string of the molecule is CC(NC(=O)C1CC(c2cccc3ccccc23)NN1)c1ccccc1. The van der Waals surface area contributed by atoms with Gasteiger partial charge < -0.3 is 5.32 Å². The highest BCUT2D eigenvalue weighted by Gasteiger charge is 2.31. The minimum absolute atomic E-state index is 0.0119. The van der Waals surface area contributed by atoms with Gasteiger partial charge in [-0.1, -0.05) is 72.8 Å². The van der Waals surface area contributed by atoms with Crippen molar-refractivity contribution in [3.63, 3.8) is 0 Å². The van der Waals surface area contributed by atoms with Gasteiger partial charge in [0.25, 0.3) is 0 Å². The number of hydrogen-bond donors (Lipinski definition) is 3. The summed E-state index contributed by atoms with van der Waals surface area (Å²) in [5, 5.41) is 5.56. The molecule has 0 saturated carbocycles. The number of carbonyl (C=O) groups is 1. The third kappa shape index (κ3) is 3.34. The number of carbonyl (C=O) groups excluding carboxylic acids is 1. The molecule has 1 amide bonds. The fourth-order valence-corrected chi connectivity index (χ4v) is 3.63. The van der Waals surface area contributed by atoms with Crippen LogP contribution in [0.15, 0.2) is 72.8 Å². The zero-order chi connectivity index (χ0) is 17.9. The van der Waals surface area contributed by atoms with Crippen molar-refractivity contribution in [2.45, 2.75) is 31.5 Å². The lowest BCUT2D eigenvalue weighted by atomic mass is 9.96. The Hall–Kier alpha value is -2.69. The van der Waals surface area contributed by atoms with Gasteiger partial charge in [0, 0.05) is 6.04 Å². The van der Waals surface area contributed by atoms with E-state index in [-0.39, 0.29) is 24.0 Å². The standard InChI is InChI=1S/C22H23N3O/c1-15(16-8-3-2-4-9-16)23-22(26)21-14-20(24-25-21)19-13-7-11-17-10-5-6-12-18(17)19/h2-13,15,20-21,24-25H,14H2,1H3,(H,23,26). The molecule has 3 aromatic carbocycles. The largest absolute Gasteiger partial charge is 0.348 e. The van der Waals surface area contributed by atoms with Crippen molar-refractivity contribution in [3.8, 4) is 0 Å². The second-order valence-electron chi connectivity index (χ2n) is 6.84. The maximum absolute atomic E-state index is 12.7. The molecule has 1 aliphatic heterocycles. The smallest absolute Gasteiger partial charge is 0.239 e. The van der Waals surface area contributed by atoms with Gasteiger partial charge in [-0.05, 0) is 35.2 Å². The highest BCUT2D eigenvalue weighted by atomic mass is 16.2. The number of benzene rings is 3. The van der Waals surface area contributed by atoms with Gasteiger partial charge in [-0.25, -0.2) is 10.9 Å². The Labute approximate surface area is 153 Å². The van der Waals surface area contributed by atoms with E-state index in [0.717, 1.165) is 12.0 Å². The summed E-state index contributed by atoms with van der Waals surface area (Å²) in [7, 11) is 0. The molecule has 0 radical (unpaired) electrons. The summed E-state index contributed by atoms with van der Waals surface area (Å²) < 4.78 is 0. The molecule has 1 heterocycles. The summed E-state index contributed by atoms with van der Waals surface area (Å²) in [6, 6.07) is 24.6. The first kappa shape index (κ1) is 16.8. The summed E-state index contributed by atoms with van der Waals surface area (Å²) in [5.74, 6) is 0.0246. The van der Waals surface area contributed by atoms with Crippen LogP contribution in [-0.2, 0) is 4.79 Å². The third-order valence-corrected chi connectivity index (χ3v) is 5.08. The van der Waals surface area contributed by atoms with Crippen molar-refractivity contribution >= 4 is 16.7 Å². The summed E-state index contributed by atoms with van der Waals surface area (Å²) in [6.45, 7) is 2.01. The lowest BCUT2D eigenvalue weighted by Gasteiger charge is -2.17. The molecule has 1 fully saturated rings. The lowest BCUT2D eigenvalue weighted by molar-refractivity contribution is -0.123. The topological polar surface area (TPSA) is 53.2 Å². The minimum Gasteiger partial charge on any atom is -0.348 e. The van der Waals surface area contributed by atoms with Crippen LogP contribution in [0.1, 0.15) is 36.6 Å². The van der Waals surface area contributed by atoms with Crippen molar-refractivity contribution in [2.75, 3.05) is 0 Å². The molecule has 4 heteroatoms. The van der Waals surface area contributed by atoms with Crippen LogP contribution in [0, 0.1) is 0 Å². The molecule has 4 nitrogen and oxygen atoms in total. The van der Waals surface area contributed by atoms with E-state index in [1.165, 1.54) is 16.3 Å². The summed E-state index contributed by atoms with van der Waals surface area (Å²) in [5.41, 5.74) is 8.80. The first-order chi connectivity index (χ1) is 12.7. The molecule has 3 atom stereocenters. The number of fused-ring (bicyclic) bond motifs is 1. The Morgan fingerprint density at radius 3 is 2.54 bits per heavy atom. The molecular formula is C22H23N3O. The predicted molar refractivity (Wildman–Crippen MR) is 104 cm³/mol. The number of rotatable bonds is 4. The molecule has 1 aliphatic rings. The van der Waals surface area contributed by atoms with Gasteiger partial charge in [0.15, 0.2) is 0 Å². The van der Waals surface area contributed by atoms with Crippen molar-refractivity contribution in [1.29, 1.82) is 0 Å². The van der Waals surface area contributed by atoms with E-state index in [9.17, 15) is 4.79 Å². The molecule has 26 heavy (non-hydrogen) atoms. The number of hydrazine groups is 1. The van der Waals surface area contributed by atoms with Crippen LogP contribution in [0.3, 0.4) is 0 Å². The van der Waals surface area contributed by atoms with E-state index in [4.69, 9.17) is 0 Å². The van der Waals surface area contributed by atoms with Gasteiger partial charge in [0.1, 0.15) is 6.04 Å². The molecule has 1 saturated heterocycles. The van der Waals surface area contributed by atoms with Crippen LogP contribution < -0.4 is 16.2 Å². The number of amides is 1. The van der Waals surface area contributed by atoms with Crippen LogP contribution in [0.5, 0.6) is 0 Å². The Balaban J connectivity index is 1.45. The maximum Gasteiger partial charge on any atom is 0.239 e. The summed E-state index contributed by atoms with van der Waals surface area (Å²) in [6.07, 6.45) is 0.724. The molecule has 3 N–H and O–H groups in total. The molecule has 3 aromatic rings. The zero-order valence-electron chi connectivity index (χ0n) is 14.8. The molecule has 4 rings (SSSR count). The van der Waals surface area contributed by atoms with Gasteiger partial charge in [0.05, 0.1) is 6.04 Å². The molecule has 0 spiro atoms. The van der Waals surface area contributed by atoms with Crippen LogP contribution in [-0.4, -0.2) is 11.9 Å². The highest BCUT2D eigenvalue weighted by Crippen LogP contribution is 2.29. The van der Waals surface area contributed by atoms with Gasteiger partial charge >= 0.3 is 0 Å². The van der Waals surface area contributed by atoms with Gasteiger partial charge in [-0.15, -0.1) is 0 Å². The molecule has 0 bridgehead atoms. The molecule has 0 aromatic heterocycles. The van der Waals surface area contributed by atoms with Crippen LogP contribution >= 0.6 is 0 Å². The highest BCUT2D eigenvalue weighted by molar-refractivity contribution is 5.87.